The molecule has 4 heteroatoms. The van der Waals surface area contributed by atoms with E-state index in [9.17, 15) is 5.26 Å². The van der Waals surface area contributed by atoms with Crippen LogP contribution in [-0.4, -0.2) is 11.7 Å². The molecule has 4 nitrogen and oxygen atoms in total. The van der Waals surface area contributed by atoms with Gasteiger partial charge in [0.05, 0.1) is 17.0 Å². The molecule has 1 spiro atoms. The molecule has 8 aromatic carbocycles. The van der Waals surface area contributed by atoms with Gasteiger partial charge in [-0.05, 0) is 96.2 Å². The van der Waals surface area contributed by atoms with Crippen LogP contribution in [0.2, 0.25) is 0 Å². The van der Waals surface area contributed by atoms with Crippen molar-refractivity contribution in [2.45, 2.75) is 11.6 Å². The molecule has 0 bridgehead atoms. The normalized spacial score (nSPS) is 17.3. The van der Waals surface area contributed by atoms with Gasteiger partial charge in [-0.2, -0.15) is 5.26 Å². The molecule has 0 radical (unpaired) electrons. The summed E-state index contributed by atoms with van der Waals surface area (Å²) in [7, 11) is 0. The maximum Gasteiger partial charge on any atom is 0.169 e. The lowest BCUT2D eigenvalue weighted by Gasteiger charge is -2.31. The second kappa shape index (κ2) is 12.1. The van der Waals surface area contributed by atoms with Crippen LogP contribution in [0.25, 0.3) is 44.2 Å². The van der Waals surface area contributed by atoms with Crippen LogP contribution in [0.1, 0.15) is 50.7 Å². The number of hydrogen-bond acceptors (Lipinski definition) is 4. The van der Waals surface area contributed by atoms with E-state index in [4.69, 9.17) is 9.98 Å². The summed E-state index contributed by atoms with van der Waals surface area (Å²) in [6.07, 6.45) is -0.388. The van der Waals surface area contributed by atoms with E-state index in [0.717, 1.165) is 39.5 Å². The highest BCUT2D eigenvalue weighted by molar-refractivity contribution is 6.16. The van der Waals surface area contributed by atoms with Crippen molar-refractivity contribution in [3.05, 3.63) is 226 Å². The molecule has 11 rings (SSSR count). The minimum Gasteiger partial charge on any atom is -0.324 e. The van der Waals surface area contributed by atoms with Gasteiger partial charge in [0.25, 0.3) is 0 Å². The summed E-state index contributed by atoms with van der Waals surface area (Å²) in [4.78, 5) is 10.4. The molecule has 2 atom stereocenters. The lowest BCUT2D eigenvalue weighted by atomic mass is 9.70. The second-order valence-corrected chi connectivity index (χ2v) is 14.4. The van der Waals surface area contributed by atoms with Crippen molar-refractivity contribution in [3.63, 3.8) is 0 Å². The van der Waals surface area contributed by atoms with Crippen LogP contribution < -0.4 is 5.32 Å². The Morgan fingerprint density at radius 3 is 1.85 bits per heavy atom. The van der Waals surface area contributed by atoms with Gasteiger partial charge in [0, 0.05) is 11.1 Å². The zero-order valence-electron chi connectivity index (χ0n) is 29.7. The monoisotopic (exact) mass is 700 g/mol. The molecule has 8 aromatic rings. The molecule has 1 heterocycles. The topological polar surface area (TPSA) is 60.5 Å². The highest BCUT2D eigenvalue weighted by atomic mass is 15.2. The Hall–Kier alpha value is -7.35. The van der Waals surface area contributed by atoms with Gasteiger partial charge in [-0.1, -0.05) is 158 Å². The molecule has 0 aromatic heterocycles. The fourth-order valence-electron chi connectivity index (χ4n) is 9.13. The molecule has 0 fully saturated rings. The maximum atomic E-state index is 9.52. The van der Waals surface area contributed by atoms with Crippen LogP contribution in [0, 0.1) is 11.3 Å². The number of nitrogens with zero attached hydrogens (tertiary/aromatic N) is 3. The zero-order chi connectivity index (χ0) is 36.5. The van der Waals surface area contributed by atoms with Gasteiger partial charge in [-0.15, -0.1) is 0 Å². The molecular weight excluding hydrogens is 669 g/mol. The molecule has 0 amide bonds. The third kappa shape index (κ3) is 4.64. The molecule has 0 saturated carbocycles. The summed E-state index contributed by atoms with van der Waals surface area (Å²) in [5.41, 5.74) is 15.4. The number of nitrogens with one attached hydrogen (secondary N) is 1. The number of benzene rings is 8. The predicted octanol–water partition coefficient (Wildman–Crippen LogP) is 11.2. The summed E-state index contributed by atoms with van der Waals surface area (Å²) in [6, 6.07) is 66.9. The summed E-state index contributed by atoms with van der Waals surface area (Å²) in [5.74, 6) is 1.59. The molecule has 2 unspecified atom stereocenters. The first-order chi connectivity index (χ1) is 27.2. The van der Waals surface area contributed by atoms with E-state index in [0.29, 0.717) is 5.56 Å². The standard InChI is InChI=1S/C51H32N4/c52-31-32-19-21-33(22-20-32)37-23-26-40-41-27-24-38(50-54-48(35-12-3-1-4-13-35)53-49(55-50)36-14-5-2-6-15-36)30-46(41)51(45(40)29-37)43-18-10-9-17-42(43)47-39-16-8-7-11-34(39)25-28-44(47)51/h1-30,48H,(H,53,54,55). The lowest BCUT2D eigenvalue weighted by Crippen LogP contribution is -2.36. The van der Waals surface area contributed by atoms with Gasteiger partial charge in [0.1, 0.15) is 11.7 Å². The third-order valence-corrected chi connectivity index (χ3v) is 11.6. The van der Waals surface area contributed by atoms with Crippen LogP contribution in [0.5, 0.6) is 0 Å². The molecular formula is C51H32N4. The Balaban J connectivity index is 1.17. The SMILES string of the molecule is N#Cc1ccc(-c2ccc3c(c2)C2(c4cc(C5=NC(c6ccccc6)N=C(c6ccccc6)N5)ccc4-3)c3ccccc3-c3c2ccc2ccccc32)cc1. The van der Waals surface area contributed by atoms with Crippen molar-refractivity contribution < 1.29 is 0 Å². The Bertz CT molecular complexity index is 2950. The van der Waals surface area contributed by atoms with Gasteiger partial charge in [-0.3, -0.25) is 0 Å². The average molecular weight is 701 g/mol. The van der Waals surface area contributed by atoms with Crippen LogP contribution in [0.15, 0.2) is 192 Å². The van der Waals surface area contributed by atoms with Crippen LogP contribution >= 0.6 is 0 Å². The van der Waals surface area contributed by atoms with Crippen LogP contribution in [-0.2, 0) is 5.41 Å². The second-order valence-electron chi connectivity index (χ2n) is 14.4. The first-order valence-corrected chi connectivity index (χ1v) is 18.7. The number of fused-ring (bicyclic) bond motifs is 12. The van der Waals surface area contributed by atoms with Crippen molar-refractivity contribution in [1.82, 2.24) is 5.32 Å². The zero-order valence-corrected chi connectivity index (χ0v) is 29.7. The first kappa shape index (κ1) is 31.2. The van der Waals surface area contributed by atoms with Crippen molar-refractivity contribution in [1.29, 1.82) is 5.26 Å². The number of hydrogen-bond donors (Lipinski definition) is 1. The first-order valence-electron chi connectivity index (χ1n) is 18.7. The van der Waals surface area contributed by atoms with Crippen molar-refractivity contribution >= 4 is 22.4 Å². The van der Waals surface area contributed by atoms with E-state index in [1.54, 1.807) is 0 Å². The maximum absolute atomic E-state index is 9.52. The van der Waals surface area contributed by atoms with E-state index in [2.05, 4.69) is 145 Å². The van der Waals surface area contributed by atoms with Gasteiger partial charge < -0.3 is 5.32 Å². The molecule has 1 aliphatic heterocycles. The average Bonchev–Trinajstić information content (AvgIpc) is 3.73. The summed E-state index contributed by atoms with van der Waals surface area (Å²) < 4.78 is 0. The Morgan fingerprint density at radius 1 is 0.473 bits per heavy atom. The summed E-state index contributed by atoms with van der Waals surface area (Å²) in [5, 5.41) is 15.7. The van der Waals surface area contributed by atoms with Crippen LogP contribution in [0.3, 0.4) is 0 Å². The lowest BCUT2D eigenvalue weighted by molar-refractivity contribution is 0.755. The van der Waals surface area contributed by atoms with E-state index in [1.165, 1.54) is 55.3 Å². The number of rotatable bonds is 4. The molecule has 256 valence electrons. The van der Waals surface area contributed by atoms with Crippen molar-refractivity contribution in [2.75, 3.05) is 0 Å². The molecule has 1 N–H and O–H groups in total. The number of amidine groups is 2. The van der Waals surface area contributed by atoms with Gasteiger partial charge >= 0.3 is 0 Å². The van der Waals surface area contributed by atoms with E-state index >= 15 is 0 Å². The summed E-state index contributed by atoms with van der Waals surface area (Å²) in [6.45, 7) is 0. The minimum absolute atomic E-state index is 0.388. The van der Waals surface area contributed by atoms with Gasteiger partial charge in [-0.25, -0.2) is 9.98 Å². The number of aliphatic imine (C=N–C) groups is 2. The Morgan fingerprint density at radius 2 is 1.09 bits per heavy atom. The quantitative estimate of drug-likeness (QED) is 0.199. The Labute approximate surface area is 319 Å². The van der Waals surface area contributed by atoms with E-state index < -0.39 is 5.41 Å². The van der Waals surface area contributed by atoms with Crippen molar-refractivity contribution in [3.8, 4) is 39.4 Å². The largest absolute Gasteiger partial charge is 0.324 e. The van der Waals surface area contributed by atoms with E-state index in [1.807, 2.05) is 48.5 Å². The highest BCUT2D eigenvalue weighted by Crippen LogP contribution is 2.64. The van der Waals surface area contributed by atoms with Gasteiger partial charge in [0.2, 0.25) is 0 Å². The molecule has 55 heavy (non-hydrogen) atoms. The number of nitriles is 1. The molecule has 2 aliphatic carbocycles. The van der Waals surface area contributed by atoms with E-state index in [-0.39, 0.29) is 6.17 Å². The summed E-state index contributed by atoms with van der Waals surface area (Å²) >= 11 is 0. The smallest absolute Gasteiger partial charge is 0.169 e. The highest BCUT2D eigenvalue weighted by Gasteiger charge is 2.52. The van der Waals surface area contributed by atoms with Crippen molar-refractivity contribution in [2.24, 2.45) is 9.98 Å². The Kier molecular flexibility index (Phi) is 6.86. The van der Waals surface area contributed by atoms with Crippen LogP contribution in [0.4, 0.5) is 0 Å². The molecule has 3 aliphatic rings. The fourth-order valence-corrected chi connectivity index (χ4v) is 9.13. The predicted molar refractivity (Wildman–Crippen MR) is 222 cm³/mol. The molecule has 0 saturated heterocycles. The third-order valence-electron chi connectivity index (χ3n) is 11.6. The van der Waals surface area contributed by atoms with Gasteiger partial charge in [0.15, 0.2) is 6.17 Å². The minimum atomic E-state index is -0.580. The fraction of sp³-hybridized carbons (Fsp3) is 0.0392.